The number of allylic oxidation sites excluding steroid dienone is 1. The maximum absolute atomic E-state index is 9.58. The number of fused-ring (bicyclic) bond motifs is 1. The minimum atomic E-state index is 0.498. The van der Waals surface area contributed by atoms with Gasteiger partial charge in [-0.25, -0.2) is 0 Å². The molecule has 0 unspecified atom stereocenters. The molecule has 0 radical (unpaired) electrons. The minimum absolute atomic E-state index is 0.498. The number of nitrogens with zero attached hydrogens (tertiary/aromatic N) is 1. The standard InChI is InChI=1S/C27H21NO/c1-20-12-14-22(15-13-20)25(18-28)16-21-6-4-10-26(17-21)29-19-24-9-5-8-23-7-2-3-11-27(23)24/h2-17H,19H2,1H3/b25-16+. The van der Waals surface area contributed by atoms with Gasteiger partial charge in [0.1, 0.15) is 12.4 Å². The maximum atomic E-state index is 9.58. The summed E-state index contributed by atoms with van der Waals surface area (Å²) in [6.07, 6.45) is 1.90. The number of rotatable bonds is 5. The number of hydrogen-bond acceptors (Lipinski definition) is 2. The second-order valence-electron chi connectivity index (χ2n) is 7.04. The van der Waals surface area contributed by atoms with E-state index in [-0.39, 0.29) is 0 Å². The van der Waals surface area contributed by atoms with Gasteiger partial charge in [-0.15, -0.1) is 0 Å². The Bertz CT molecular complexity index is 1210. The Labute approximate surface area is 171 Å². The summed E-state index contributed by atoms with van der Waals surface area (Å²) in [5.41, 5.74) is 4.82. The molecule has 0 atom stereocenters. The smallest absolute Gasteiger partial charge is 0.120 e. The van der Waals surface area contributed by atoms with E-state index in [4.69, 9.17) is 4.74 Å². The van der Waals surface area contributed by atoms with E-state index in [1.165, 1.54) is 16.3 Å². The van der Waals surface area contributed by atoms with Gasteiger partial charge in [0.15, 0.2) is 0 Å². The third-order valence-corrected chi connectivity index (χ3v) is 4.93. The fourth-order valence-corrected chi connectivity index (χ4v) is 3.35. The first-order valence-corrected chi connectivity index (χ1v) is 9.61. The molecule has 0 aliphatic carbocycles. The van der Waals surface area contributed by atoms with Gasteiger partial charge in [0.05, 0.1) is 11.6 Å². The van der Waals surface area contributed by atoms with E-state index >= 15 is 0 Å². The van der Waals surface area contributed by atoms with Crippen LogP contribution in [0.1, 0.15) is 22.3 Å². The van der Waals surface area contributed by atoms with Crippen LogP contribution in [-0.4, -0.2) is 0 Å². The van der Waals surface area contributed by atoms with Crippen molar-refractivity contribution >= 4 is 22.4 Å². The Morgan fingerprint density at radius 2 is 1.66 bits per heavy atom. The zero-order valence-electron chi connectivity index (χ0n) is 16.3. The predicted octanol–water partition coefficient (Wildman–Crippen LogP) is 6.79. The molecule has 4 aromatic rings. The lowest BCUT2D eigenvalue weighted by molar-refractivity contribution is 0.307. The average Bonchev–Trinajstić information content (AvgIpc) is 2.77. The fourth-order valence-electron chi connectivity index (χ4n) is 3.35. The number of hydrogen-bond donors (Lipinski definition) is 0. The van der Waals surface area contributed by atoms with Crippen LogP contribution >= 0.6 is 0 Å². The molecule has 2 nitrogen and oxygen atoms in total. The number of ether oxygens (including phenoxy) is 1. The van der Waals surface area contributed by atoms with E-state index in [2.05, 4.69) is 36.4 Å². The highest BCUT2D eigenvalue weighted by atomic mass is 16.5. The van der Waals surface area contributed by atoms with E-state index in [0.29, 0.717) is 12.2 Å². The molecule has 2 heteroatoms. The van der Waals surface area contributed by atoms with Crippen molar-refractivity contribution in [3.8, 4) is 11.8 Å². The van der Waals surface area contributed by atoms with E-state index < -0.39 is 0 Å². The Balaban J connectivity index is 1.55. The molecule has 0 amide bonds. The van der Waals surface area contributed by atoms with Crippen LogP contribution in [0.15, 0.2) is 91.0 Å². The maximum Gasteiger partial charge on any atom is 0.120 e. The lowest BCUT2D eigenvalue weighted by Crippen LogP contribution is -1.96. The molecule has 0 spiro atoms. The molecule has 0 heterocycles. The average molecular weight is 375 g/mol. The molecule has 0 aromatic heterocycles. The Kier molecular flexibility index (Phi) is 5.40. The molecule has 0 aliphatic rings. The molecule has 0 saturated carbocycles. The van der Waals surface area contributed by atoms with Crippen LogP contribution in [0.25, 0.3) is 22.4 Å². The summed E-state index contributed by atoms with van der Waals surface area (Å²) >= 11 is 0. The summed E-state index contributed by atoms with van der Waals surface area (Å²) in [6, 6.07) is 32.7. The van der Waals surface area contributed by atoms with Crippen molar-refractivity contribution < 1.29 is 4.74 Å². The van der Waals surface area contributed by atoms with Gasteiger partial charge < -0.3 is 4.74 Å². The summed E-state index contributed by atoms with van der Waals surface area (Å²) in [6.45, 7) is 2.54. The van der Waals surface area contributed by atoms with Crippen LogP contribution in [-0.2, 0) is 6.61 Å². The van der Waals surface area contributed by atoms with E-state index in [9.17, 15) is 5.26 Å². The van der Waals surface area contributed by atoms with Gasteiger partial charge in [0, 0.05) is 0 Å². The quantitative estimate of drug-likeness (QED) is 0.284. The topological polar surface area (TPSA) is 33.0 Å². The van der Waals surface area contributed by atoms with Crippen molar-refractivity contribution in [2.75, 3.05) is 0 Å². The highest BCUT2D eigenvalue weighted by Crippen LogP contribution is 2.23. The van der Waals surface area contributed by atoms with Crippen molar-refractivity contribution in [1.82, 2.24) is 0 Å². The van der Waals surface area contributed by atoms with Crippen molar-refractivity contribution in [3.05, 3.63) is 113 Å². The molecule has 140 valence electrons. The van der Waals surface area contributed by atoms with Crippen molar-refractivity contribution in [1.29, 1.82) is 5.26 Å². The third kappa shape index (κ3) is 4.36. The summed E-state index contributed by atoms with van der Waals surface area (Å²) in [5.74, 6) is 0.785. The van der Waals surface area contributed by atoms with Gasteiger partial charge in [-0.1, -0.05) is 84.4 Å². The zero-order valence-corrected chi connectivity index (χ0v) is 16.3. The Morgan fingerprint density at radius 1 is 0.897 bits per heavy atom. The first kappa shape index (κ1) is 18.5. The van der Waals surface area contributed by atoms with Gasteiger partial charge in [-0.3, -0.25) is 0 Å². The Morgan fingerprint density at radius 3 is 2.48 bits per heavy atom. The van der Waals surface area contributed by atoms with Crippen molar-refractivity contribution in [2.24, 2.45) is 0 Å². The molecule has 4 rings (SSSR count). The van der Waals surface area contributed by atoms with Gasteiger partial charge in [-0.05, 0) is 52.6 Å². The van der Waals surface area contributed by atoms with Crippen LogP contribution in [0.5, 0.6) is 5.75 Å². The van der Waals surface area contributed by atoms with Crippen LogP contribution in [0.2, 0.25) is 0 Å². The zero-order chi connectivity index (χ0) is 20.1. The van der Waals surface area contributed by atoms with Crippen LogP contribution in [0.4, 0.5) is 0 Å². The van der Waals surface area contributed by atoms with Crippen LogP contribution in [0, 0.1) is 18.3 Å². The van der Waals surface area contributed by atoms with E-state index in [1.54, 1.807) is 0 Å². The highest BCUT2D eigenvalue weighted by molar-refractivity contribution is 5.89. The first-order valence-electron chi connectivity index (χ1n) is 9.61. The van der Waals surface area contributed by atoms with Gasteiger partial charge in [0.25, 0.3) is 0 Å². The molecule has 0 aliphatic heterocycles. The molecule has 0 N–H and O–H groups in total. The normalized spacial score (nSPS) is 11.2. The lowest BCUT2D eigenvalue weighted by atomic mass is 10.0. The SMILES string of the molecule is Cc1ccc(/C(C#N)=C/c2cccc(OCc3cccc4ccccc34)c2)cc1. The predicted molar refractivity (Wildman–Crippen MR) is 119 cm³/mol. The van der Waals surface area contributed by atoms with E-state index in [0.717, 1.165) is 22.4 Å². The van der Waals surface area contributed by atoms with Gasteiger partial charge in [0.2, 0.25) is 0 Å². The number of benzene rings is 4. The van der Waals surface area contributed by atoms with Crippen molar-refractivity contribution in [2.45, 2.75) is 13.5 Å². The monoisotopic (exact) mass is 375 g/mol. The first-order chi connectivity index (χ1) is 14.2. The van der Waals surface area contributed by atoms with E-state index in [1.807, 2.05) is 73.7 Å². The summed E-state index contributed by atoms with van der Waals surface area (Å²) in [7, 11) is 0. The highest BCUT2D eigenvalue weighted by Gasteiger charge is 2.04. The molecular weight excluding hydrogens is 354 g/mol. The second kappa shape index (κ2) is 8.46. The second-order valence-corrected chi connectivity index (χ2v) is 7.04. The number of aryl methyl sites for hydroxylation is 1. The fraction of sp³-hybridized carbons (Fsp3) is 0.0741. The lowest BCUT2D eigenvalue weighted by Gasteiger charge is -2.10. The minimum Gasteiger partial charge on any atom is -0.489 e. The number of nitriles is 1. The van der Waals surface area contributed by atoms with Gasteiger partial charge in [-0.2, -0.15) is 5.26 Å². The molecular formula is C27H21NO. The molecule has 4 aromatic carbocycles. The largest absolute Gasteiger partial charge is 0.489 e. The summed E-state index contributed by atoms with van der Waals surface area (Å²) in [5, 5.41) is 12.0. The third-order valence-electron chi connectivity index (χ3n) is 4.93. The molecule has 29 heavy (non-hydrogen) atoms. The molecule has 0 bridgehead atoms. The molecule has 0 saturated heterocycles. The van der Waals surface area contributed by atoms with Crippen LogP contribution < -0.4 is 4.74 Å². The van der Waals surface area contributed by atoms with Gasteiger partial charge >= 0.3 is 0 Å². The van der Waals surface area contributed by atoms with Crippen LogP contribution in [0.3, 0.4) is 0 Å². The summed E-state index contributed by atoms with van der Waals surface area (Å²) < 4.78 is 6.07. The molecule has 0 fully saturated rings. The Hall–Kier alpha value is -3.83. The van der Waals surface area contributed by atoms with Crippen molar-refractivity contribution in [3.63, 3.8) is 0 Å². The summed E-state index contributed by atoms with van der Waals surface area (Å²) in [4.78, 5) is 0.